The van der Waals surface area contributed by atoms with Crippen LogP contribution < -0.4 is 26.4 Å². The van der Waals surface area contributed by atoms with Gasteiger partial charge in [0, 0.05) is 55.1 Å². The van der Waals surface area contributed by atoms with Gasteiger partial charge in [-0.25, -0.2) is 4.79 Å². The van der Waals surface area contributed by atoms with Crippen LogP contribution >= 0.6 is 0 Å². The van der Waals surface area contributed by atoms with Gasteiger partial charge in [0.1, 0.15) is 0 Å². The Kier molecular flexibility index (Phi) is 8.63. The van der Waals surface area contributed by atoms with Crippen molar-refractivity contribution in [1.82, 2.24) is 9.88 Å². The number of piperidine rings is 1. The molecule has 2 atom stereocenters. The summed E-state index contributed by atoms with van der Waals surface area (Å²) < 4.78 is 1.92. The number of aryl methyl sites for hydroxylation is 1. The fourth-order valence-corrected chi connectivity index (χ4v) is 6.83. The zero-order valence-corrected chi connectivity index (χ0v) is 24.9. The third-order valence-electron chi connectivity index (χ3n) is 9.06. The first-order valence-corrected chi connectivity index (χ1v) is 15.7. The minimum absolute atomic E-state index is 0.0572. The van der Waals surface area contributed by atoms with Crippen LogP contribution in [-0.4, -0.2) is 36.1 Å². The molecule has 0 unspecified atom stereocenters. The Bertz CT molecular complexity index is 1580. The first-order valence-electron chi connectivity index (χ1n) is 15.7. The van der Waals surface area contributed by atoms with Crippen molar-refractivity contribution in [2.75, 3.05) is 35.2 Å². The SMILES string of the molecule is CCc1ccc(NC(=O)Nc2cc(C(=O)NCCC3=CCCCC3)ccc2N2C[C@H]3C[C@@H](C2)c2cccc(=O)n2C3)cc1. The van der Waals surface area contributed by atoms with E-state index in [9.17, 15) is 14.4 Å². The molecule has 6 rings (SSSR count). The van der Waals surface area contributed by atoms with Crippen LogP contribution in [0.3, 0.4) is 0 Å². The number of carbonyl (C=O) groups excluding carboxylic acids is 2. The average molecular weight is 580 g/mol. The summed E-state index contributed by atoms with van der Waals surface area (Å²) in [6.07, 6.45) is 9.86. The van der Waals surface area contributed by atoms with Gasteiger partial charge in [-0.2, -0.15) is 0 Å². The maximum Gasteiger partial charge on any atom is 0.323 e. The first kappa shape index (κ1) is 28.8. The van der Waals surface area contributed by atoms with Crippen LogP contribution in [0.1, 0.15) is 73.0 Å². The number of nitrogens with zero attached hydrogens (tertiary/aromatic N) is 2. The molecular formula is C35H41N5O3. The molecule has 2 aromatic carbocycles. The summed E-state index contributed by atoms with van der Waals surface area (Å²) in [4.78, 5) is 41.2. The quantitative estimate of drug-likeness (QED) is 0.273. The third kappa shape index (κ3) is 6.69. The first-order chi connectivity index (χ1) is 21.0. The summed E-state index contributed by atoms with van der Waals surface area (Å²) in [5, 5.41) is 9.05. The van der Waals surface area contributed by atoms with Crippen molar-refractivity contribution in [3.63, 3.8) is 0 Å². The molecular weight excluding hydrogens is 538 g/mol. The second-order valence-electron chi connectivity index (χ2n) is 12.1. The number of hydrogen-bond acceptors (Lipinski definition) is 4. The lowest BCUT2D eigenvalue weighted by Crippen LogP contribution is -2.47. The minimum Gasteiger partial charge on any atom is -0.369 e. The normalized spacial score (nSPS) is 19.2. The van der Waals surface area contributed by atoms with E-state index in [0.29, 0.717) is 35.9 Å². The zero-order valence-electron chi connectivity index (χ0n) is 24.9. The highest BCUT2D eigenvalue weighted by Gasteiger charge is 2.35. The number of benzene rings is 2. The lowest BCUT2D eigenvalue weighted by atomic mass is 9.83. The van der Waals surface area contributed by atoms with E-state index < -0.39 is 0 Å². The predicted octanol–water partition coefficient (Wildman–Crippen LogP) is 6.30. The fraction of sp³-hybridized carbons (Fsp3) is 0.400. The van der Waals surface area contributed by atoms with Crippen molar-refractivity contribution in [2.45, 2.75) is 64.3 Å². The largest absolute Gasteiger partial charge is 0.369 e. The standard InChI is InChI=1S/C35H41N5O3/c1-2-24-11-14-29(15-12-24)37-35(43)38-30-20-27(34(42)36-18-17-25-7-4-3-5-8-25)13-16-32(30)39-21-26-19-28(23-39)31-9-6-10-33(41)40(31)22-26/h6-7,9-16,20,26,28H,2-5,8,17-19,21-23H2,1H3,(H,36,42)(H2,37,38,43)/t26-,28+/m1/s1. The lowest BCUT2D eigenvalue weighted by molar-refractivity contribution is 0.0954. The fourth-order valence-electron chi connectivity index (χ4n) is 6.83. The van der Waals surface area contributed by atoms with Crippen LogP contribution in [0.15, 0.2) is 77.1 Å². The van der Waals surface area contributed by atoms with E-state index in [1.165, 1.54) is 24.0 Å². The Labute approximate surface area is 253 Å². The number of hydrogen-bond donors (Lipinski definition) is 3. The highest BCUT2D eigenvalue weighted by molar-refractivity contribution is 6.04. The van der Waals surface area contributed by atoms with E-state index in [4.69, 9.17) is 0 Å². The second kappa shape index (κ2) is 12.9. The van der Waals surface area contributed by atoms with E-state index >= 15 is 0 Å². The van der Waals surface area contributed by atoms with Crippen molar-refractivity contribution in [2.24, 2.45) is 5.92 Å². The Morgan fingerprint density at radius 2 is 1.81 bits per heavy atom. The number of allylic oxidation sites excluding steroid dienone is 1. The summed E-state index contributed by atoms with van der Waals surface area (Å²) in [7, 11) is 0. The van der Waals surface area contributed by atoms with Crippen LogP contribution in [0, 0.1) is 5.92 Å². The van der Waals surface area contributed by atoms with Gasteiger partial charge in [-0.05, 0) is 92.8 Å². The summed E-state index contributed by atoms with van der Waals surface area (Å²) in [5.74, 6) is 0.393. The topological polar surface area (TPSA) is 95.5 Å². The summed E-state index contributed by atoms with van der Waals surface area (Å²) in [5.41, 5.74) is 6.44. The number of rotatable bonds is 8. The minimum atomic E-state index is -0.360. The number of amides is 3. The van der Waals surface area contributed by atoms with E-state index in [1.54, 1.807) is 12.1 Å². The molecule has 3 amide bonds. The highest BCUT2D eigenvalue weighted by Crippen LogP contribution is 2.39. The van der Waals surface area contributed by atoms with Gasteiger partial charge in [-0.1, -0.05) is 36.8 Å². The maximum absolute atomic E-state index is 13.2. The summed E-state index contributed by atoms with van der Waals surface area (Å²) in [6.45, 7) is 4.88. The van der Waals surface area contributed by atoms with Gasteiger partial charge in [0.15, 0.2) is 0 Å². The van der Waals surface area contributed by atoms with Gasteiger partial charge in [0.2, 0.25) is 0 Å². The van der Waals surface area contributed by atoms with Gasteiger partial charge >= 0.3 is 6.03 Å². The molecule has 1 aliphatic carbocycles. The number of urea groups is 1. The highest BCUT2D eigenvalue weighted by atomic mass is 16.2. The second-order valence-corrected chi connectivity index (χ2v) is 12.1. The number of carbonyl (C=O) groups is 2. The molecule has 0 spiro atoms. The Balaban J connectivity index is 1.22. The van der Waals surface area contributed by atoms with Crippen molar-refractivity contribution in [1.29, 1.82) is 0 Å². The number of pyridine rings is 1. The summed E-state index contributed by atoms with van der Waals surface area (Å²) in [6, 6.07) is 18.6. The van der Waals surface area contributed by atoms with Crippen molar-refractivity contribution in [3.05, 3.63) is 99.5 Å². The number of nitrogens with one attached hydrogen (secondary N) is 3. The molecule has 8 nitrogen and oxygen atoms in total. The van der Waals surface area contributed by atoms with Crippen LogP contribution in [0.25, 0.3) is 0 Å². The van der Waals surface area contributed by atoms with Gasteiger partial charge < -0.3 is 25.4 Å². The van der Waals surface area contributed by atoms with Crippen molar-refractivity contribution >= 4 is 29.0 Å². The van der Waals surface area contributed by atoms with Gasteiger partial charge in [-0.3, -0.25) is 9.59 Å². The third-order valence-corrected chi connectivity index (χ3v) is 9.06. The molecule has 43 heavy (non-hydrogen) atoms. The molecule has 2 bridgehead atoms. The number of anilines is 3. The Morgan fingerprint density at radius 1 is 0.953 bits per heavy atom. The Hall–Kier alpha value is -4.33. The van der Waals surface area contributed by atoms with Crippen LogP contribution in [-0.2, 0) is 13.0 Å². The molecule has 8 heteroatoms. The molecule has 0 radical (unpaired) electrons. The molecule has 0 saturated carbocycles. The molecule has 2 aliphatic heterocycles. The van der Waals surface area contributed by atoms with E-state index in [2.05, 4.69) is 39.9 Å². The van der Waals surface area contributed by atoms with E-state index in [0.717, 1.165) is 56.6 Å². The predicted molar refractivity (Wildman–Crippen MR) is 172 cm³/mol. The molecule has 224 valence electrons. The van der Waals surface area contributed by atoms with Crippen LogP contribution in [0.2, 0.25) is 0 Å². The smallest absolute Gasteiger partial charge is 0.323 e. The van der Waals surface area contributed by atoms with E-state index in [-0.39, 0.29) is 23.4 Å². The maximum atomic E-state index is 13.2. The monoisotopic (exact) mass is 579 g/mol. The molecule has 1 saturated heterocycles. The molecule has 1 aromatic heterocycles. The molecule has 3 N–H and O–H groups in total. The van der Waals surface area contributed by atoms with Gasteiger partial charge in [-0.15, -0.1) is 0 Å². The molecule has 3 heterocycles. The number of aromatic nitrogens is 1. The lowest BCUT2D eigenvalue weighted by Gasteiger charge is -2.44. The molecule has 1 fully saturated rings. The molecule has 3 aromatic rings. The average Bonchev–Trinajstić information content (AvgIpc) is 3.02. The number of fused-ring (bicyclic) bond motifs is 4. The van der Waals surface area contributed by atoms with Crippen LogP contribution in [0.4, 0.5) is 21.9 Å². The van der Waals surface area contributed by atoms with Crippen molar-refractivity contribution < 1.29 is 9.59 Å². The van der Waals surface area contributed by atoms with Gasteiger partial charge in [0.05, 0.1) is 11.4 Å². The van der Waals surface area contributed by atoms with E-state index in [1.807, 2.05) is 47.0 Å². The Morgan fingerprint density at radius 3 is 2.60 bits per heavy atom. The summed E-state index contributed by atoms with van der Waals surface area (Å²) >= 11 is 0. The molecule has 3 aliphatic rings. The van der Waals surface area contributed by atoms with Crippen molar-refractivity contribution in [3.8, 4) is 0 Å². The van der Waals surface area contributed by atoms with Crippen LogP contribution in [0.5, 0.6) is 0 Å². The zero-order chi connectivity index (χ0) is 29.8. The van der Waals surface area contributed by atoms with Gasteiger partial charge in [0.25, 0.3) is 11.5 Å².